The molecule has 0 bridgehead atoms. The van der Waals surface area contributed by atoms with Crippen molar-refractivity contribution in [3.05, 3.63) is 29.2 Å². The van der Waals surface area contributed by atoms with Crippen LogP contribution in [0.1, 0.15) is 53.3 Å². The van der Waals surface area contributed by atoms with Crippen LogP contribution in [-0.4, -0.2) is 43.9 Å². The molecule has 10 heteroatoms. The largest absolute Gasteiger partial charge is 0.423 e. The Balaban J connectivity index is 1.81. The van der Waals surface area contributed by atoms with Crippen LogP contribution in [0.3, 0.4) is 0 Å². The van der Waals surface area contributed by atoms with Gasteiger partial charge in [0.05, 0.1) is 0 Å². The molecule has 7 nitrogen and oxygen atoms in total. The fourth-order valence-corrected chi connectivity index (χ4v) is 2.75. The topological polar surface area (TPSA) is 87.9 Å². The summed E-state index contributed by atoms with van der Waals surface area (Å²) in [4.78, 5) is 14.1. The van der Waals surface area contributed by atoms with Crippen molar-refractivity contribution in [3.8, 4) is 0 Å². The lowest BCUT2D eigenvalue weighted by Gasteiger charge is -2.32. The molecule has 1 aliphatic rings. The summed E-state index contributed by atoms with van der Waals surface area (Å²) in [7, 11) is 0. The number of halogens is 3. The van der Waals surface area contributed by atoms with E-state index in [4.69, 9.17) is 4.42 Å². The number of aromatic amines is 1. The second kappa shape index (κ2) is 6.25. The third-order valence-electron chi connectivity index (χ3n) is 3.81. The van der Waals surface area contributed by atoms with Gasteiger partial charge >= 0.3 is 6.18 Å². The van der Waals surface area contributed by atoms with Crippen molar-refractivity contribution in [1.29, 1.82) is 0 Å². The third kappa shape index (κ3) is 3.57. The zero-order valence-corrected chi connectivity index (χ0v) is 12.9. The quantitative estimate of drug-likeness (QED) is 0.925. The zero-order valence-electron chi connectivity index (χ0n) is 12.9. The van der Waals surface area contributed by atoms with Gasteiger partial charge < -0.3 is 9.32 Å². The summed E-state index contributed by atoms with van der Waals surface area (Å²) in [6, 6.07) is 1.09. The average molecular weight is 343 g/mol. The molecule has 3 heterocycles. The maximum absolute atomic E-state index is 12.6. The molecule has 0 unspecified atom stereocenters. The first-order valence-electron chi connectivity index (χ1n) is 7.55. The third-order valence-corrected chi connectivity index (χ3v) is 3.81. The zero-order chi connectivity index (χ0) is 17.3. The number of nitrogens with one attached hydrogen (secondary N) is 1. The highest BCUT2D eigenvalue weighted by Crippen LogP contribution is 2.32. The minimum absolute atomic E-state index is 0.0366. The number of likely N-dealkylation sites (tertiary alicyclic amines) is 1. The van der Waals surface area contributed by atoms with Gasteiger partial charge in [-0.3, -0.25) is 9.89 Å². The van der Waals surface area contributed by atoms with Crippen LogP contribution in [-0.2, 0) is 6.42 Å². The number of carbonyl (C=O) groups excluding carboxylic acids is 1. The van der Waals surface area contributed by atoms with Crippen molar-refractivity contribution in [2.45, 2.75) is 44.8 Å². The SMILES string of the molecule is Cc1cc(C(=O)N2CCCC[C@H]2c2nnc(CC(F)(F)F)o2)n[nH]1. The van der Waals surface area contributed by atoms with Gasteiger partial charge in [-0.1, -0.05) is 0 Å². The predicted molar refractivity (Wildman–Crippen MR) is 75.0 cm³/mol. The molecule has 0 saturated carbocycles. The number of hydrogen-bond donors (Lipinski definition) is 1. The van der Waals surface area contributed by atoms with Gasteiger partial charge in [-0.05, 0) is 32.3 Å². The first-order valence-corrected chi connectivity index (χ1v) is 7.55. The summed E-state index contributed by atoms with van der Waals surface area (Å²) in [6.45, 7) is 2.24. The first-order chi connectivity index (χ1) is 11.3. The van der Waals surface area contributed by atoms with Crippen LogP contribution >= 0.6 is 0 Å². The Morgan fingerprint density at radius 2 is 2.21 bits per heavy atom. The van der Waals surface area contributed by atoms with E-state index in [0.29, 0.717) is 13.0 Å². The van der Waals surface area contributed by atoms with Crippen LogP contribution in [0, 0.1) is 6.92 Å². The number of nitrogens with zero attached hydrogens (tertiary/aromatic N) is 4. The highest BCUT2D eigenvalue weighted by Gasteiger charge is 2.35. The van der Waals surface area contributed by atoms with Crippen LogP contribution < -0.4 is 0 Å². The van der Waals surface area contributed by atoms with Crippen LogP contribution in [0.15, 0.2) is 10.5 Å². The number of rotatable bonds is 3. The van der Waals surface area contributed by atoms with Crippen molar-refractivity contribution in [3.63, 3.8) is 0 Å². The maximum atomic E-state index is 12.6. The molecule has 0 radical (unpaired) electrons. The Labute approximate surface area is 135 Å². The molecule has 0 aliphatic carbocycles. The van der Waals surface area contributed by atoms with E-state index >= 15 is 0 Å². The van der Waals surface area contributed by atoms with E-state index < -0.39 is 24.5 Å². The van der Waals surface area contributed by atoms with Gasteiger partial charge in [0.2, 0.25) is 11.8 Å². The molecule has 1 saturated heterocycles. The summed E-state index contributed by atoms with van der Waals surface area (Å²) in [6.07, 6.45) is -3.51. The molecule has 2 aromatic rings. The van der Waals surface area contributed by atoms with Crippen LogP contribution in [0.4, 0.5) is 13.2 Å². The van der Waals surface area contributed by atoms with Gasteiger partial charge in [-0.15, -0.1) is 10.2 Å². The van der Waals surface area contributed by atoms with Gasteiger partial charge in [0.15, 0.2) is 0 Å². The highest BCUT2D eigenvalue weighted by atomic mass is 19.4. The minimum Gasteiger partial charge on any atom is -0.423 e. The van der Waals surface area contributed by atoms with Gasteiger partial charge in [-0.2, -0.15) is 18.3 Å². The number of amides is 1. The lowest BCUT2D eigenvalue weighted by Crippen LogP contribution is -2.38. The van der Waals surface area contributed by atoms with Crippen LogP contribution in [0.25, 0.3) is 0 Å². The lowest BCUT2D eigenvalue weighted by atomic mass is 10.0. The number of alkyl halides is 3. The smallest absolute Gasteiger partial charge is 0.397 e. The number of aryl methyl sites for hydroxylation is 1. The molecule has 3 rings (SSSR count). The second-order valence-corrected chi connectivity index (χ2v) is 5.77. The predicted octanol–water partition coefficient (Wildman–Crippen LogP) is 2.57. The number of carbonyl (C=O) groups is 1. The normalized spacial score (nSPS) is 18.8. The Kier molecular flexibility index (Phi) is 4.29. The fraction of sp³-hybridized carbons (Fsp3) is 0.571. The Bertz CT molecular complexity index is 724. The molecule has 1 aliphatic heterocycles. The first kappa shape index (κ1) is 16.5. The van der Waals surface area contributed by atoms with E-state index in [2.05, 4.69) is 20.4 Å². The summed E-state index contributed by atoms with van der Waals surface area (Å²) in [5, 5.41) is 13.8. The molecule has 130 valence electrons. The summed E-state index contributed by atoms with van der Waals surface area (Å²) < 4.78 is 42.4. The van der Waals surface area contributed by atoms with Crippen molar-refractivity contribution in [1.82, 2.24) is 25.3 Å². The fourth-order valence-electron chi connectivity index (χ4n) is 2.75. The van der Waals surface area contributed by atoms with Gasteiger partial charge in [0.25, 0.3) is 5.91 Å². The van der Waals surface area contributed by atoms with E-state index in [9.17, 15) is 18.0 Å². The second-order valence-electron chi connectivity index (χ2n) is 5.77. The molecular formula is C14H16F3N5O2. The number of hydrogen-bond acceptors (Lipinski definition) is 5. The monoisotopic (exact) mass is 343 g/mol. The average Bonchev–Trinajstić information content (AvgIpc) is 3.14. The van der Waals surface area contributed by atoms with E-state index in [1.54, 1.807) is 13.0 Å². The van der Waals surface area contributed by atoms with Crippen molar-refractivity contribution in [2.75, 3.05) is 6.54 Å². The van der Waals surface area contributed by atoms with Gasteiger partial charge in [-0.25, -0.2) is 0 Å². The maximum Gasteiger partial charge on any atom is 0.397 e. The molecule has 24 heavy (non-hydrogen) atoms. The Hall–Kier alpha value is -2.39. The molecule has 0 spiro atoms. The van der Waals surface area contributed by atoms with Crippen molar-refractivity contribution >= 4 is 5.91 Å². The Morgan fingerprint density at radius 1 is 1.42 bits per heavy atom. The summed E-state index contributed by atoms with van der Waals surface area (Å²) >= 11 is 0. The van der Waals surface area contributed by atoms with Crippen LogP contribution in [0.5, 0.6) is 0 Å². The molecule has 1 atom stereocenters. The summed E-state index contributed by atoms with van der Waals surface area (Å²) in [5.41, 5.74) is 1.01. The van der Waals surface area contributed by atoms with Crippen LogP contribution in [0.2, 0.25) is 0 Å². The van der Waals surface area contributed by atoms with Gasteiger partial charge in [0, 0.05) is 12.2 Å². The van der Waals surface area contributed by atoms with Crippen molar-refractivity contribution < 1.29 is 22.4 Å². The van der Waals surface area contributed by atoms with E-state index in [0.717, 1.165) is 18.5 Å². The van der Waals surface area contributed by atoms with Gasteiger partial charge in [0.1, 0.15) is 18.2 Å². The number of H-pyrrole nitrogens is 1. The number of aromatic nitrogens is 4. The number of piperidine rings is 1. The lowest BCUT2D eigenvalue weighted by molar-refractivity contribution is -0.131. The molecule has 2 aromatic heterocycles. The molecule has 0 aromatic carbocycles. The standard InChI is InChI=1S/C14H16F3N5O2/c1-8-6-9(19-18-8)13(23)22-5-3-2-4-10(22)12-21-20-11(24-12)7-14(15,16)17/h6,10H,2-5,7H2,1H3,(H,18,19)/t10-/m0/s1. The molecular weight excluding hydrogens is 327 g/mol. The van der Waals surface area contributed by atoms with E-state index in [-0.39, 0.29) is 17.5 Å². The van der Waals surface area contributed by atoms with E-state index in [1.807, 2.05) is 0 Å². The molecule has 1 fully saturated rings. The highest BCUT2D eigenvalue weighted by molar-refractivity contribution is 5.92. The Morgan fingerprint density at radius 3 is 2.88 bits per heavy atom. The van der Waals surface area contributed by atoms with E-state index in [1.165, 1.54) is 4.90 Å². The van der Waals surface area contributed by atoms with Crippen molar-refractivity contribution in [2.24, 2.45) is 0 Å². The molecule has 1 N–H and O–H groups in total. The molecule has 1 amide bonds. The summed E-state index contributed by atoms with van der Waals surface area (Å²) in [5.74, 6) is -0.764. The minimum atomic E-state index is -4.42.